The fourth-order valence-corrected chi connectivity index (χ4v) is 7.75. The molecule has 0 spiro atoms. The van der Waals surface area contributed by atoms with Gasteiger partial charge in [0.2, 0.25) is 0 Å². The number of allylic oxidation sites excluding steroid dienone is 12. The number of rotatable bonds is 45. The van der Waals surface area contributed by atoms with Crippen molar-refractivity contribution in [3.8, 4) is 0 Å². The van der Waals surface area contributed by atoms with Crippen molar-refractivity contribution in [1.82, 2.24) is 0 Å². The van der Waals surface area contributed by atoms with Crippen molar-refractivity contribution in [3.63, 3.8) is 0 Å². The number of esters is 1. The number of hydrogen-bond donors (Lipinski definition) is 4. The average molecular weight is 915 g/mol. The van der Waals surface area contributed by atoms with Gasteiger partial charge in [-0.05, 0) is 83.5 Å². The Hall–Kier alpha value is -2.37. The molecule has 1 saturated heterocycles. The predicted octanol–water partition coefficient (Wildman–Crippen LogP) is 13.2. The van der Waals surface area contributed by atoms with Gasteiger partial charge < -0.3 is 39.4 Å². The lowest BCUT2D eigenvalue weighted by atomic mass is 9.99. The highest BCUT2D eigenvalue weighted by Crippen LogP contribution is 2.23. The summed E-state index contributed by atoms with van der Waals surface area (Å²) in [6, 6.07) is 0. The van der Waals surface area contributed by atoms with Gasteiger partial charge in [0, 0.05) is 13.0 Å². The maximum Gasteiger partial charge on any atom is 0.306 e. The molecule has 9 nitrogen and oxygen atoms in total. The Bertz CT molecular complexity index is 1220. The number of ether oxygens (including phenoxy) is 4. The molecule has 65 heavy (non-hydrogen) atoms. The summed E-state index contributed by atoms with van der Waals surface area (Å²) in [5.41, 5.74) is 0. The second-order valence-corrected chi connectivity index (χ2v) is 17.9. The molecule has 9 heteroatoms. The van der Waals surface area contributed by atoms with Crippen molar-refractivity contribution in [2.75, 3.05) is 26.4 Å². The number of aliphatic hydroxyl groups is 4. The molecular formula is C56H98O9. The summed E-state index contributed by atoms with van der Waals surface area (Å²) in [5, 5.41) is 40.3. The molecule has 1 rings (SSSR count). The molecule has 0 saturated carbocycles. The standard InChI is InChI=1S/C56H98O9/c1-3-5-7-9-11-13-15-17-19-21-23-24-25-26-27-28-30-32-34-36-38-40-42-44-46-62-48-50(49-63-56-55(61)54(60)53(59)51(47-57)65-56)64-52(58)45-43-41-39-37-35-33-31-29-22-20-18-16-14-12-10-8-6-4-2/h5,7,11,13-14,16-17,19-20,22-24,50-51,53-57,59-61H,3-4,6,8-10,12,15,18,21,25-49H2,1-2H3/b7-5-,13-11-,16-14-,19-17-,22-20-,24-23-. The van der Waals surface area contributed by atoms with Gasteiger partial charge in [-0.15, -0.1) is 0 Å². The molecule has 0 aliphatic carbocycles. The van der Waals surface area contributed by atoms with Gasteiger partial charge in [0.05, 0.1) is 19.8 Å². The van der Waals surface area contributed by atoms with Crippen LogP contribution in [0, 0.1) is 0 Å². The molecule has 1 aliphatic heterocycles. The Morgan fingerprint density at radius 2 is 0.938 bits per heavy atom. The van der Waals surface area contributed by atoms with Crippen molar-refractivity contribution in [2.45, 2.75) is 250 Å². The predicted molar refractivity (Wildman–Crippen MR) is 270 cm³/mol. The molecule has 0 radical (unpaired) electrons. The van der Waals surface area contributed by atoms with Gasteiger partial charge in [-0.1, -0.05) is 196 Å². The molecule has 0 amide bonds. The second-order valence-electron chi connectivity index (χ2n) is 17.9. The van der Waals surface area contributed by atoms with E-state index in [4.69, 9.17) is 18.9 Å². The van der Waals surface area contributed by atoms with Crippen LogP contribution >= 0.6 is 0 Å². The van der Waals surface area contributed by atoms with Gasteiger partial charge in [0.15, 0.2) is 6.29 Å². The van der Waals surface area contributed by atoms with E-state index in [1.165, 1.54) is 116 Å². The zero-order chi connectivity index (χ0) is 47.1. The van der Waals surface area contributed by atoms with E-state index in [-0.39, 0.29) is 19.2 Å². The third-order valence-electron chi connectivity index (χ3n) is 11.9. The third-order valence-corrected chi connectivity index (χ3v) is 11.9. The number of hydrogen-bond acceptors (Lipinski definition) is 9. The van der Waals surface area contributed by atoms with E-state index in [2.05, 4.69) is 86.8 Å². The minimum atomic E-state index is -1.54. The summed E-state index contributed by atoms with van der Waals surface area (Å²) >= 11 is 0. The fraction of sp³-hybridized carbons (Fsp3) is 0.768. The average Bonchev–Trinajstić information content (AvgIpc) is 3.31. The first kappa shape index (κ1) is 60.6. The summed E-state index contributed by atoms with van der Waals surface area (Å²) in [4.78, 5) is 12.8. The highest BCUT2D eigenvalue weighted by atomic mass is 16.7. The summed E-state index contributed by atoms with van der Waals surface area (Å²) in [5.74, 6) is -0.323. The van der Waals surface area contributed by atoms with Gasteiger partial charge in [0.25, 0.3) is 0 Å². The number of carbonyl (C=O) groups excluding carboxylic acids is 1. The SMILES string of the molecule is CC/C=C\C/C=C\C/C=C\C/C=C\CCCCCCCCCCCCCOCC(COC1OC(CO)C(O)C(O)C1O)OC(=O)CCCCCCCCC/C=C\C/C=C\CCCCCC. The molecule has 0 aromatic carbocycles. The van der Waals surface area contributed by atoms with Gasteiger partial charge in [-0.2, -0.15) is 0 Å². The molecule has 0 aromatic rings. The van der Waals surface area contributed by atoms with Crippen LogP contribution in [0.25, 0.3) is 0 Å². The smallest absolute Gasteiger partial charge is 0.306 e. The van der Waals surface area contributed by atoms with E-state index in [1.54, 1.807) is 0 Å². The fourth-order valence-electron chi connectivity index (χ4n) is 7.75. The van der Waals surface area contributed by atoms with Crippen LogP contribution in [0.3, 0.4) is 0 Å². The maximum absolute atomic E-state index is 12.8. The highest BCUT2D eigenvalue weighted by molar-refractivity contribution is 5.69. The lowest BCUT2D eigenvalue weighted by Gasteiger charge is -2.39. The first-order valence-corrected chi connectivity index (χ1v) is 26.5. The molecule has 376 valence electrons. The molecule has 6 unspecified atom stereocenters. The van der Waals surface area contributed by atoms with E-state index >= 15 is 0 Å². The quantitative estimate of drug-likeness (QED) is 0.0267. The summed E-state index contributed by atoms with van der Waals surface area (Å²) in [6.45, 7) is 4.42. The van der Waals surface area contributed by atoms with Crippen LogP contribution in [-0.4, -0.2) is 89.6 Å². The van der Waals surface area contributed by atoms with E-state index in [1.807, 2.05) is 0 Å². The van der Waals surface area contributed by atoms with Crippen molar-refractivity contribution < 1.29 is 44.2 Å². The topological polar surface area (TPSA) is 135 Å². The molecule has 1 fully saturated rings. The van der Waals surface area contributed by atoms with E-state index < -0.39 is 43.4 Å². The van der Waals surface area contributed by atoms with Crippen LogP contribution < -0.4 is 0 Å². The number of unbranched alkanes of at least 4 members (excludes halogenated alkanes) is 22. The normalized spacial score (nSPS) is 20.0. The molecule has 4 N–H and O–H groups in total. The van der Waals surface area contributed by atoms with Crippen LogP contribution in [0.5, 0.6) is 0 Å². The monoisotopic (exact) mass is 915 g/mol. The Morgan fingerprint density at radius 3 is 1.42 bits per heavy atom. The van der Waals surface area contributed by atoms with E-state index in [0.717, 1.165) is 77.0 Å². The zero-order valence-electron chi connectivity index (χ0n) is 41.5. The van der Waals surface area contributed by atoms with Gasteiger partial charge in [0.1, 0.15) is 30.5 Å². The van der Waals surface area contributed by atoms with Crippen LogP contribution in [0.15, 0.2) is 72.9 Å². The van der Waals surface area contributed by atoms with Crippen LogP contribution in [0.2, 0.25) is 0 Å². The Kier molecular flexibility index (Phi) is 43.6. The number of carbonyl (C=O) groups is 1. The highest BCUT2D eigenvalue weighted by Gasteiger charge is 2.44. The lowest BCUT2D eigenvalue weighted by Crippen LogP contribution is -2.59. The third kappa shape index (κ3) is 37.3. The van der Waals surface area contributed by atoms with Crippen molar-refractivity contribution in [1.29, 1.82) is 0 Å². The molecule has 0 bridgehead atoms. The van der Waals surface area contributed by atoms with Crippen LogP contribution in [0.4, 0.5) is 0 Å². The Labute approximate surface area is 397 Å². The van der Waals surface area contributed by atoms with Crippen LogP contribution in [-0.2, 0) is 23.7 Å². The maximum atomic E-state index is 12.8. The van der Waals surface area contributed by atoms with Crippen molar-refractivity contribution in [3.05, 3.63) is 72.9 Å². The van der Waals surface area contributed by atoms with Crippen molar-refractivity contribution in [2.24, 2.45) is 0 Å². The first-order chi connectivity index (χ1) is 31.9. The van der Waals surface area contributed by atoms with Gasteiger partial charge >= 0.3 is 5.97 Å². The second kappa shape index (κ2) is 46.7. The molecular weight excluding hydrogens is 817 g/mol. The van der Waals surface area contributed by atoms with E-state index in [9.17, 15) is 25.2 Å². The minimum Gasteiger partial charge on any atom is -0.457 e. The summed E-state index contributed by atoms with van der Waals surface area (Å²) in [6.07, 6.45) is 55.0. The first-order valence-electron chi connectivity index (χ1n) is 26.5. The summed E-state index contributed by atoms with van der Waals surface area (Å²) in [7, 11) is 0. The molecule has 6 atom stereocenters. The number of aliphatic hydroxyl groups excluding tert-OH is 4. The Balaban J connectivity index is 2.19. The molecule has 1 aliphatic rings. The largest absolute Gasteiger partial charge is 0.457 e. The van der Waals surface area contributed by atoms with E-state index in [0.29, 0.717) is 13.0 Å². The van der Waals surface area contributed by atoms with Gasteiger partial charge in [-0.25, -0.2) is 0 Å². The van der Waals surface area contributed by atoms with Crippen molar-refractivity contribution >= 4 is 5.97 Å². The zero-order valence-corrected chi connectivity index (χ0v) is 41.5. The lowest BCUT2D eigenvalue weighted by molar-refractivity contribution is -0.305. The van der Waals surface area contributed by atoms with Gasteiger partial charge in [-0.3, -0.25) is 4.79 Å². The minimum absolute atomic E-state index is 0.120. The Morgan fingerprint density at radius 1 is 0.508 bits per heavy atom. The molecule has 1 heterocycles. The summed E-state index contributed by atoms with van der Waals surface area (Å²) < 4.78 is 22.9. The van der Waals surface area contributed by atoms with Crippen LogP contribution in [0.1, 0.15) is 213 Å². The molecule has 0 aromatic heterocycles.